The predicted molar refractivity (Wildman–Crippen MR) is 105 cm³/mol. The number of carbonyl (C=O) groups is 2. The van der Waals surface area contributed by atoms with E-state index in [0.717, 1.165) is 23.6 Å². The number of nitrogens with one attached hydrogen (secondary N) is 2. The molecule has 3 amide bonds. The molecule has 0 bridgehead atoms. The summed E-state index contributed by atoms with van der Waals surface area (Å²) >= 11 is 1.25. The van der Waals surface area contributed by atoms with Gasteiger partial charge in [-0.3, -0.25) is 14.7 Å². The molecule has 0 atom stereocenters. The van der Waals surface area contributed by atoms with E-state index in [1.54, 1.807) is 7.11 Å². The van der Waals surface area contributed by atoms with E-state index >= 15 is 0 Å². The van der Waals surface area contributed by atoms with Gasteiger partial charge in [-0.05, 0) is 44.5 Å². The molecule has 0 unspecified atom stereocenters. The van der Waals surface area contributed by atoms with Crippen molar-refractivity contribution in [1.29, 1.82) is 0 Å². The molecule has 0 saturated carbocycles. The summed E-state index contributed by atoms with van der Waals surface area (Å²) in [6.07, 6.45) is 0.808. The third-order valence-electron chi connectivity index (χ3n) is 3.65. The van der Waals surface area contributed by atoms with E-state index in [4.69, 9.17) is 4.74 Å². The van der Waals surface area contributed by atoms with Gasteiger partial charge in [0.05, 0.1) is 12.9 Å². The Kier molecular flexibility index (Phi) is 7.66. The number of methoxy groups -OCH3 is 1. The van der Waals surface area contributed by atoms with Crippen LogP contribution in [-0.4, -0.2) is 46.1 Å². The number of imide groups is 1. The lowest BCUT2D eigenvalue weighted by Gasteiger charge is -2.14. The molecule has 1 aromatic heterocycles. The Morgan fingerprint density at radius 3 is 2.52 bits per heavy atom. The van der Waals surface area contributed by atoms with Crippen LogP contribution in [0.25, 0.3) is 11.4 Å². The summed E-state index contributed by atoms with van der Waals surface area (Å²) in [6, 6.07) is 7.19. The monoisotopic (exact) mass is 391 g/mol. The molecule has 2 N–H and O–H groups in total. The first kappa shape index (κ1) is 20.8. The SMILES string of the molecule is CCCNC(=O)NC(=O)CSc1nnc(-c2ccc(OC)cc2)n1C(C)C. The van der Waals surface area contributed by atoms with Crippen LogP contribution < -0.4 is 15.4 Å². The van der Waals surface area contributed by atoms with Crippen molar-refractivity contribution in [3.8, 4) is 17.1 Å². The van der Waals surface area contributed by atoms with Gasteiger partial charge < -0.3 is 10.1 Å². The number of carbonyl (C=O) groups excluding carboxylic acids is 2. The number of thioether (sulfide) groups is 1. The molecule has 0 fully saturated rings. The fraction of sp³-hybridized carbons (Fsp3) is 0.444. The molecule has 0 radical (unpaired) electrons. The Morgan fingerprint density at radius 2 is 1.93 bits per heavy atom. The van der Waals surface area contributed by atoms with E-state index in [9.17, 15) is 9.59 Å². The van der Waals surface area contributed by atoms with Crippen molar-refractivity contribution in [2.24, 2.45) is 0 Å². The summed E-state index contributed by atoms with van der Waals surface area (Å²) in [6.45, 7) is 6.52. The lowest BCUT2D eigenvalue weighted by Crippen LogP contribution is -2.40. The van der Waals surface area contributed by atoms with Gasteiger partial charge in [-0.15, -0.1) is 10.2 Å². The second-order valence-corrected chi connectivity index (χ2v) is 7.03. The molecule has 2 aromatic rings. The molecule has 0 spiro atoms. The fourth-order valence-electron chi connectivity index (χ4n) is 2.35. The van der Waals surface area contributed by atoms with Crippen molar-refractivity contribution < 1.29 is 14.3 Å². The van der Waals surface area contributed by atoms with E-state index in [1.807, 2.05) is 49.6 Å². The lowest BCUT2D eigenvalue weighted by atomic mass is 10.2. The largest absolute Gasteiger partial charge is 0.497 e. The molecule has 1 aromatic carbocycles. The van der Waals surface area contributed by atoms with E-state index < -0.39 is 6.03 Å². The van der Waals surface area contributed by atoms with Gasteiger partial charge in [-0.2, -0.15) is 0 Å². The van der Waals surface area contributed by atoms with Gasteiger partial charge >= 0.3 is 6.03 Å². The van der Waals surface area contributed by atoms with Crippen LogP contribution in [0, 0.1) is 0 Å². The number of aromatic nitrogens is 3. The first-order valence-corrected chi connectivity index (χ1v) is 9.74. The molecule has 0 aliphatic carbocycles. The average Bonchev–Trinajstić information content (AvgIpc) is 3.09. The summed E-state index contributed by atoms with van der Waals surface area (Å²) in [5.41, 5.74) is 0.909. The third kappa shape index (κ3) is 5.72. The number of amides is 3. The summed E-state index contributed by atoms with van der Waals surface area (Å²) in [5, 5.41) is 14.0. The van der Waals surface area contributed by atoms with Gasteiger partial charge in [0.15, 0.2) is 11.0 Å². The number of benzene rings is 1. The number of rotatable bonds is 8. The minimum atomic E-state index is -0.480. The number of hydrogen-bond acceptors (Lipinski definition) is 6. The molecule has 8 nitrogen and oxygen atoms in total. The Labute approximate surface area is 163 Å². The zero-order chi connectivity index (χ0) is 19.8. The van der Waals surface area contributed by atoms with Gasteiger partial charge in [0, 0.05) is 18.2 Å². The van der Waals surface area contributed by atoms with Crippen molar-refractivity contribution in [2.75, 3.05) is 19.4 Å². The molecule has 1 heterocycles. The van der Waals surface area contributed by atoms with Crippen LogP contribution in [-0.2, 0) is 4.79 Å². The molecule has 146 valence electrons. The predicted octanol–water partition coefficient (Wildman–Crippen LogP) is 2.86. The van der Waals surface area contributed by atoms with Gasteiger partial charge in [-0.25, -0.2) is 4.79 Å². The molecule has 0 aliphatic rings. The maximum atomic E-state index is 12.0. The molecule has 0 aliphatic heterocycles. The Hall–Kier alpha value is -2.55. The quantitative estimate of drug-likeness (QED) is 0.672. The molecular weight excluding hydrogens is 366 g/mol. The zero-order valence-corrected chi connectivity index (χ0v) is 16.8. The van der Waals surface area contributed by atoms with Gasteiger partial charge in [-0.1, -0.05) is 18.7 Å². The van der Waals surface area contributed by atoms with Crippen LogP contribution in [0.1, 0.15) is 33.2 Å². The third-order valence-corrected chi connectivity index (χ3v) is 4.59. The molecule has 27 heavy (non-hydrogen) atoms. The van der Waals surface area contributed by atoms with E-state index in [2.05, 4.69) is 20.8 Å². The normalized spacial score (nSPS) is 10.7. The highest BCUT2D eigenvalue weighted by Crippen LogP contribution is 2.28. The topological polar surface area (TPSA) is 98.1 Å². The number of ether oxygens (including phenoxy) is 1. The first-order chi connectivity index (χ1) is 13.0. The Balaban J connectivity index is 2.08. The summed E-state index contributed by atoms with van der Waals surface area (Å²) in [5.74, 6) is 1.18. The second-order valence-electron chi connectivity index (χ2n) is 6.09. The first-order valence-electron chi connectivity index (χ1n) is 8.76. The Bertz CT molecular complexity index is 774. The van der Waals surface area contributed by atoms with Gasteiger partial charge in [0.2, 0.25) is 5.91 Å². The van der Waals surface area contributed by atoms with Gasteiger partial charge in [0.1, 0.15) is 5.75 Å². The van der Waals surface area contributed by atoms with Crippen LogP contribution in [0.5, 0.6) is 5.75 Å². The second kappa shape index (κ2) is 9.96. The average molecular weight is 391 g/mol. The smallest absolute Gasteiger partial charge is 0.321 e. The van der Waals surface area contributed by atoms with Crippen LogP contribution in [0.3, 0.4) is 0 Å². The van der Waals surface area contributed by atoms with Crippen molar-refractivity contribution in [2.45, 2.75) is 38.4 Å². The summed E-state index contributed by atoms with van der Waals surface area (Å²) in [7, 11) is 1.62. The molecule has 0 saturated heterocycles. The van der Waals surface area contributed by atoms with E-state index in [-0.39, 0.29) is 17.7 Å². The minimum absolute atomic E-state index is 0.0764. The summed E-state index contributed by atoms with van der Waals surface area (Å²) < 4.78 is 7.15. The van der Waals surface area contributed by atoms with Gasteiger partial charge in [0.25, 0.3) is 0 Å². The van der Waals surface area contributed by atoms with Crippen molar-refractivity contribution >= 4 is 23.7 Å². The van der Waals surface area contributed by atoms with Crippen molar-refractivity contribution in [3.63, 3.8) is 0 Å². The standard InChI is InChI=1S/C18H25N5O3S/c1-5-10-19-17(25)20-15(24)11-27-18-22-21-16(23(18)12(2)3)13-6-8-14(26-4)9-7-13/h6-9,12H,5,10-11H2,1-4H3,(H2,19,20,24,25). The number of urea groups is 1. The van der Waals surface area contributed by atoms with Crippen molar-refractivity contribution in [3.05, 3.63) is 24.3 Å². The van der Waals surface area contributed by atoms with Crippen LogP contribution in [0.4, 0.5) is 4.79 Å². The Morgan fingerprint density at radius 1 is 1.22 bits per heavy atom. The zero-order valence-electron chi connectivity index (χ0n) is 16.0. The highest BCUT2D eigenvalue weighted by Gasteiger charge is 2.18. The fourth-order valence-corrected chi connectivity index (χ4v) is 3.22. The molecular formula is C18H25N5O3S. The van der Waals surface area contributed by atoms with E-state index in [1.165, 1.54) is 11.8 Å². The van der Waals surface area contributed by atoms with Crippen LogP contribution >= 0.6 is 11.8 Å². The maximum Gasteiger partial charge on any atom is 0.321 e. The maximum absolute atomic E-state index is 12.0. The van der Waals surface area contributed by atoms with Crippen LogP contribution in [0.2, 0.25) is 0 Å². The van der Waals surface area contributed by atoms with Crippen molar-refractivity contribution in [1.82, 2.24) is 25.4 Å². The highest BCUT2D eigenvalue weighted by molar-refractivity contribution is 7.99. The van der Waals surface area contributed by atoms with E-state index in [0.29, 0.717) is 11.7 Å². The molecule has 9 heteroatoms. The minimum Gasteiger partial charge on any atom is -0.497 e. The number of hydrogen-bond donors (Lipinski definition) is 2. The van der Waals surface area contributed by atoms with Crippen LogP contribution in [0.15, 0.2) is 29.4 Å². The lowest BCUT2D eigenvalue weighted by molar-refractivity contribution is -0.117. The highest BCUT2D eigenvalue weighted by atomic mass is 32.2. The summed E-state index contributed by atoms with van der Waals surface area (Å²) in [4.78, 5) is 23.5. The molecule has 2 rings (SSSR count). The number of nitrogens with zero attached hydrogens (tertiary/aromatic N) is 3.